The Balaban J connectivity index is 1.94. The molecular formula is C18H18ClN3OS. The van der Waals surface area contributed by atoms with Crippen molar-refractivity contribution >= 4 is 23.4 Å². The Morgan fingerprint density at radius 3 is 2.79 bits per heavy atom. The summed E-state index contributed by atoms with van der Waals surface area (Å²) in [6.07, 6.45) is 3.50. The Morgan fingerprint density at radius 1 is 1.33 bits per heavy atom. The molecule has 2 heterocycles. The minimum absolute atomic E-state index is 0.157. The molecular weight excluding hydrogens is 342 g/mol. The number of thioether (sulfide) groups is 1. The van der Waals surface area contributed by atoms with Crippen LogP contribution in [0.25, 0.3) is 11.4 Å². The summed E-state index contributed by atoms with van der Waals surface area (Å²) >= 11 is 7.94. The molecule has 0 fully saturated rings. The van der Waals surface area contributed by atoms with Gasteiger partial charge in [-0.15, -0.1) is 16.8 Å². The number of halogens is 1. The van der Waals surface area contributed by atoms with Crippen LogP contribution in [0.15, 0.2) is 58.8 Å². The van der Waals surface area contributed by atoms with E-state index in [1.807, 2.05) is 47.9 Å². The van der Waals surface area contributed by atoms with Crippen molar-refractivity contribution in [1.29, 1.82) is 0 Å². The summed E-state index contributed by atoms with van der Waals surface area (Å²) in [6, 6.07) is 9.78. The number of nitrogens with zero attached hydrogens (tertiary/aromatic N) is 3. The smallest absolute Gasteiger partial charge is 0.192 e. The Morgan fingerprint density at radius 2 is 2.12 bits per heavy atom. The first-order valence-electron chi connectivity index (χ1n) is 7.61. The van der Waals surface area contributed by atoms with E-state index in [0.29, 0.717) is 6.54 Å². The minimum atomic E-state index is 0.157. The second-order valence-corrected chi connectivity index (χ2v) is 7.09. The summed E-state index contributed by atoms with van der Waals surface area (Å²) in [4.78, 5) is 0. The molecule has 0 aliphatic heterocycles. The molecule has 0 aliphatic rings. The summed E-state index contributed by atoms with van der Waals surface area (Å²) < 4.78 is 7.44. The number of rotatable bonds is 6. The fourth-order valence-electron chi connectivity index (χ4n) is 2.51. The lowest BCUT2D eigenvalue weighted by Gasteiger charge is -2.13. The lowest BCUT2D eigenvalue weighted by Crippen LogP contribution is -2.02. The molecule has 0 saturated heterocycles. The van der Waals surface area contributed by atoms with Crippen molar-refractivity contribution in [2.45, 2.75) is 30.8 Å². The highest BCUT2D eigenvalue weighted by Gasteiger charge is 2.20. The molecule has 3 rings (SSSR count). The van der Waals surface area contributed by atoms with Gasteiger partial charge in [-0.2, -0.15) is 0 Å². The van der Waals surface area contributed by atoms with E-state index in [4.69, 9.17) is 16.0 Å². The van der Waals surface area contributed by atoms with Crippen molar-refractivity contribution in [1.82, 2.24) is 14.8 Å². The second-order valence-electron chi connectivity index (χ2n) is 5.38. The molecule has 6 heteroatoms. The fourth-order valence-corrected chi connectivity index (χ4v) is 3.90. The Bertz CT molecular complexity index is 856. The van der Waals surface area contributed by atoms with Gasteiger partial charge in [0.15, 0.2) is 11.0 Å². The van der Waals surface area contributed by atoms with E-state index in [2.05, 4.69) is 23.7 Å². The van der Waals surface area contributed by atoms with Gasteiger partial charge in [-0.05, 0) is 31.5 Å². The van der Waals surface area contributed by atoms with Crippen LogP contribution in [0, 0.1) is 6.92 Å². The standard InChI is InChI=1S/C18H18ClN3OS/c1-4-10-22-17(14-9-11-23-12(14)2)20-21-18(22)24-13(3)15-7-5-6-8-16(15)19/h4-9,11,13H,1,10H2,2-3H3. The van der Waals surface area contributed by atoms with E-state index < -0.39 is 0 Å². The molecule has 24 heavy (non-hydrogen) atoms. The summed E-state index contributed by atoms with van der Waals surface area (Å²) in [5.74, 6) is 1.61. The van der Waals surface area contributed by atoms with Crippen molar-refractivity contribution in [2.75, 3.05) is 0 Å². The summed E-state index contributed by atoms with van der Waals surface area (Å²) in [5.41, 5.74) is 2.03. The number of aryl methyl sites for hydroxylation is 1. The SMILES string of the molecule is C=CCn1c(SC(C)c2ccccc2Cl)nnc1-c1ccoc1C. The third-order valence-electron chi connectivity index (χ3n) is 3.75. The maximum atomic E-state index is 6.31. The topological polar surface area (TPSA) is 43.9 Å². The molecule has 0 bridgehead atoms. The van der Waals surface area contributed by atoms with Gasteiger partial charge >= 0.3 is 0 Å². The third kappa shape index (κ3) is 3.28. The first-order chi connectivity index (χ1) is 11.6. The summed E-state index contributed by atoms with van der Waals surface area (Å²) in [6.45, 7) is 8.50. The van der Waals surface area contributed by atoms with Gasteiger partial charge < -0.3 is 4.42 Å². The molecule has 0 saturated carbocycles. The zero-order valence-corrected chi connectivity index (χ0v) is 15.1. The first kappa shape index (κ1) is 16.9. The van der Waals surface area contributed by atoms with Crippen molar-refractivity contribution in [3.05, 3.63) is 65.6 Å². The lowest BCUT2D eigenvalue weighted by molar-refractivity contribution is 0.534. The normalized spacial score (nSPS) is 12.3. The van der Waals surface area contributed by atoms with E-state index in [9.17, 15) is 0 Å². The van der Waals surface area contributed by atoms with Crippen LogP contribution in [0.4, 0.5) is 0 Å². The third-order valence-corrected chi connectivity index (χ3v) is 5.22. The largest absolute Gasteiger partial charge is 0.469 e. The Kier molecular flexibility index (Phi) is 5.11. The van der Waals surface area contributed by atoms with Gasteiger partial charge in [0.1, 0.15) is 5.76 Å². The van der Waals surface area contributed by atoms with E-state index >= 15 is 0 Å². The Hall–Kier alpha value is -1.98. The van der Waals surface area contributed by atoms with Crippen LogP contribution in [0.2, 0.25) is 5.02 Å². The number of aromatic nitrogens is 3. The highest BCUT2D eigenvalue weighted by molar-refractivity contribution is 7.99. The lowest BCUT2D eigenvalue weighted by atomic mass is 10.2. The number of hydrogen-bond donors (Lipinski definition) is 0. The van der Waals surface area contributed by atoms with Crippen molar-refractivity contribution in [2.24, 2.45) is 0 Å². The summed E-state index contributed by atoms with van der Waals surface area (Å²) in [5, 5.41) is 10.5. The molecule has 4 nitrogen and oxygen atoms in total. The van der Waals surface area contributed by atoms with E-state index in [1.54, 1.807) is 18.0 Å². The van der Waals surface area contributed by atoms with Crippen molar-refractivity contribution in [3.63, 3.8) is 0 Å². The molecule has 2 aromatic heterocycles. The maximum absolute atomic E-state index is 6.31. The van der Waals surface area contributed by atoms with E-state index in [0.717, 1.165) is 32.9 Å². The van der Waals surface area contributed by atoms with Crippen molar-refractivity contribution < 1.29 is 4.42 Å². The average Bonchev–Trinajstić information content (AvgIpc) is 3.15. The molecule has 0 radical (unpaired) electrons. The summed E-state index contributed by atoms with van der Waals surface area (Å²) in [7, 11) is 0. The average molecular weight is 360 g/mol. The number of benzene rings is 1. The van der Waals surface area contributed by atoms with Gasteiger partial charge in [0.2, 0.25) is 0 Å². The van der Waals surface area contributed by atoms with E-state index in [1.165, 1.54) is 0 Å². The monoisotopic (exact) mass is 359 g/mol. The highest BCUT2D eigenvalue weighted by atomic mass is 35.5. The molecule has 1 atom stereocenters. The molecule has 124 valence electrons. The van der Waals surface area contributed by atoms with Crippen LogP contribution in [-0.4, -0.2) is 14.8 Å². The predicted octanol–water partition coefficient (Wildman–Crippen LogP) is 5.54. The van der Waals surface area contributed by atoms with Crippen LogP contribution in [-0.2, 0) is 6.54 Å². The maximum Gasteiger partial charge on any atom is 0.192 e. The highest BCUT2D eigenvalue weighted by Crippen LogP contribution is 2.38. The number of allylic oxidation sites excluding steroid dienone is 1. The van der Waals surface area contributed by atoms with Crippen LogP contribution in [0.3, 0.4) is 0 Å². The number of hydrogen-bond acceptors (Lipinski definition) is 4. The first-order valence-corrected chi connectivity index (χ1v) is 8.87. The van der Waals surface area contributed by atoms with Crippen LogP contribution in [0.5, 0.6) is 0 Å². The molecule has 0 N–H and O–H groups in total. The van der Waals surface area contributed by atoms with Gasteiger partial charge in [0.25, 0.3) is 0 Å². The van der Waals surface area contributed by atoms with Crippen LogP contribution < -0.4 is 0 Å². The van der Waals surface area contributed by atoms with Crippen LogP contribution in [0.1, 0.15) is 23.5 Å². The van der Waals surface area contributed by atoms with Gasteiger partial charge in [-0.1, -0.05) is 47.6 Å². The second kappa shape index (κ2) is 7.28. The van der Waals surface area contributed by atoms with E-state index in [-0.39, 0.29) is 5.25 Å². The zero-order chi connectivity index (χ0) is 17.1. The molecule has 1 unspecified atom stereocenters. The van der Waals surface area contributed by atoms with Gasteiger partial charge in [-0.3, -0.25) is 4.57 Å². The minimum Gasteiger partial charge on any atom is -0.469 e. The fraction of sp³-hybridized carbons (Fsp3) is 0.222. The molecule has 1 aromatic carbocycles. The quantitative estimate of drug-likeness (QED) is 0.428. The van der Waals surface area contributed by atoms with Crippen molar-refractivity contribution in [3.8, 4) is 11.4 Å². The molecule has 3 aromatic rings. The van der Waals surface area contributed by atoms with Gasteiger partial charge in [0.05, 0.1) is 11.8 Å². The molecule has 0 aliphatic carbocycles. The van der Waals surface area contributed by atoms with Gasteiger partial charge in [-0.25, -0.2) is 0 Å². The predicted molar refractivity (Wildman–Crippen MR) is 98.4 cm³/mol. The number of furan rings is 1. The zero-order valence-electron chi connectivity index (χ0n) is 13.6. The Labute approximate surface area is 150 Å². The van der Waals surface area contributed by atoms with Crippen LogP contribution >= 0.6 is 23.4 Å². The molecule has 0 amide bonds. The van der Waals surface area contributed by atoms with Gasteiger partial charge in [0, 0.05) is 16.8 Å². The molecule has 0 spiro atoms.